The van der Waals surface area contributed by atoms with Crippen LogP contribution in [-0.4, -0.2) is 9.55 Å². The molecule has 4 nitrogen and oxygen atoms in total. The Morgan fingerprint density at radius 3 is 2.44 bits per heavy atom. The van der Waals surface area contributed by atoms with Crippen molar-refractivity contribution < 1.29 is 4.39 Å². The van der Waals surface area contributed by atoms with Gasteiger partial charge < -0.3 is 0 Å². The smallest absolute Gasteiger partial charge is 0.295 e. The summed E-state index contributed by atoms with van der Waals surface area (Å²) < 4.78 is 14.1. The van der Waals surface area contributed by atoms with Crippen molar-refractivity contribution in [3.8, 4) is 0 Å². The molecule has 16 heavy (non-hydrogen) atoms. The zero-order valence-corrected chi connectivity index (χ0v) is 9.97. The zero-order chi connectivity index (χ0) is 12.3. The van der Waals surface area contributed by atoms with Crippen LogP contribution in [0, 0.1) is 11.7 Å². The number of halogens is 2. The van der Waals surface area contributed by atoms with Gasteiger partial charge in [-0.1, -0.05) is 38.3 Å². The molecular formula is C10H14ClFN2O2. The van der Waals surface area contributed by atoms with Gasteiger partial charge in [-0.3, -0.25) is 14.3 Å². The molecule has 0 bridgehead atoms. The molecule has 0 atom stereocenters. The summed E-state index contributed by atoms with van der Waals surface area (Å²) in [4.78, 5) is 25.0. The van der Waals surface area contributed by atoms with Crippen LogP contribution in [0.3, 0.4) is 0 Å². The van der Waals surface area contributed by atoms with Gasteiger partial charge in [0.05, 0.1) is 0 Å². The molecule has 0 saturated carbocycles. The van der Waals surface area contributed by atoms with E-state index < -0.39 is 22.2 Å². The van der Waals surface area contributed by atoms with Crippen LogP contribution in [-0.2, 0) is 6.54 Å². The fraction of sp³-hybridized carbons (Fsp3) is 0.600. The minimum Gasteiger partial charge on any atom is -0.295 e. The summed E-state index contributed by atoms with van der Waals surface area (Å²) in [6.45, 7) is 4.13. The minimum atomic E-state index is -1.10. The molecule has 0 fully saturated rings. The Bertz CT molecular complexity index is 477. The Labute approximate surface area is 97.1 Å². The van der Waals surface area contributed by atoms with Gasteiger partial charge in [-0.15, -0.1) is 0 Å². The van der Waals surface area contributed by atoms with Crippen LogP contribution in [0.25, 0.3) is 0 Å². The number of nitrogens with zero attached hydrogens (tertiary/aromatic N) is 1. The van der Waals surface area contributed by atoms with Crippen molar-refractivity contribution in [2.75, 3.05) is 0 Å². The number of rotatable bonds is 4. The third-order valence-corrected chi connectivity index (χ3v) is 2.94. The van der Waals surface area contributed by atoms with E-state index in [1.807, 2.05) is 13.8 Å². The average molecular weight is 249 g/mol. The summed E-state index contributed by atoms with van der Waals surface area (Å²) in [7, 11) is 0. The van der Waals surface area contributed by atoms with Crippen LogP contribution in [0.1, 0.15) is 26.7 Å². The lowest BCUT2D eigenvalue weighted by Crippen LogP contribution is -2.38. The van der Waals surface area contributed by atoms with Gasteiger partial charge in [-0.2, -0.15) is 4.39 Å². The molecule has 0 unspecified atom stereocenters. The number of aromatic nitrogens is 2. The molecule has 1 N–H and O–H groups in total. The Hall–Kier alpha value is -1.10. The van der Waals surface area contributed by atoms with Gasteiger partial charge in [0.25, 0.3) is 5.56 Å². The second-order valence-corrected chi connectivity index (χ2v) is 4.03. The molecular weight excluding hydrogens is 235 g/mol. The Morgan fingerprint density at radius 1 is 1.38 bits per heavy atom. The summed E-state index contributed by atoms with van der Waals surface area (Å²) in [6.07, 6.45) is 1.65. The first kappa shape index (κ1) is 13.0. The molecule has 0 aliphatic carbocycles. The number of hydrogen-bond acceptors (Lipinski definition) is 2. The molecule has 0 aliphatic rings. The lowest BCUT2D eigenvalue weighted by Gasteiger charge is -2.13. The van der Waals surface area contributed by atoms with E-state index >= 15 is 0 Å². The van der Waals surface area contributed by atoms with Crippen molar-refractivity contribution in [2.45, 2.75) is 33.2 Å². The molecule has 0 radical (unpaired) electrons. The van der Waals surface area contributed by atoms with Gasteiger partial charge in [0.2, 0.25) is 5.82 Å². The predicted molar refractivity (Wildman–Crippen MR) is 60.4 cm³/mol. The zero-order valence-electron chi connectivity index (χ0n) is 9.22. The molecule has 0 saturated heterocycles. The van der Waals surface area contributed by atoms with Crippen molar-refractivity contribution in [3.05, 3.63) is 31.8 Å². The third-order valence-electron chi connectivity index (χ3n) is 2.68. The van der Waals surface area contributed by atoms with E-state index in [-0.39, 0.29) is 12.5 Å². The highest BCUT2D eigenvalue weighted by atomic mass is 35.5. The van der Waals surface area contributed by atoms with Crippen molar-refractivity contribution in [1.29, 1.82) is 0 Å². The van der Waals surface area contributed by atoms with Gasteiger partial charge in [-0.05, 0) is 5.92 Å². The lowest BCUT2D eigenvalue weighted by molar-refractivity contribution is 0.393. The summed E-state index contributed by atoms with van der Waals surface area (Å²) >= 11 is 5.35. The summed E-state index contributed by atoms with van der Waals surface area (Å²) in [6, 6.07) is 0. The molecule has 0 aromatic carbocycles. The summed E-state index contributed by atoms with van der Waals surface area (Å²) in [5, 5.41) is -0.532. The maximum atomic E-state index is 13.2. The van der Waals surface area contributed by atoms with Crippen molar-refractivity contribution >= 4 is 11.6 Å². The molecule has 0 aliphatic heterocycles. The standard InChI is InChI=1S/C10H14ClFN2O2/c1-3-6(4-2)5-14-9(15)7(12)8(11)13-10(14)16/h6H,3-5H2,1-2H3,(H,13,16). The van der Waals surface area contributed by atoms with Crippen molar-refractivity contribution in [3.63, 3.8) is 0 Å². The topological polar surface area (TPSA) is 54.9 Å². The van der Waals surface area contributed by atoms with Crippen molar-refractivity contribution in [1.82, 2.24) is 9.55 Å². The van der Waals surface area contributed by atoms with E-state index in [4.69, 9.17) is 11.6 Å². The van der Waals surface area contributed by atoms with Crippen LogP contribution in [0.4, 0.5) is 4.39 Å². The second-order valence-electron chi connectivity index (χ2n) is 3.66. The monoisotopic (exact) mass is 248 g/mol. The Morgan fingerprint density at radius 2 is 1.94 bits per heavy atom. The molecule has 1 aromatic rings. The van der Waals surface area contributed by atoms with Gasteiger partial charge in [0.1, 0.15) is 0 Å². The largest absolute Gasteiger partial charge is 0.329 e. The molecule has 0 amide bonds. The third kappa shape index (κ3) is 2.52. The van der Waals surface area contributed by atoms with E-state index in [0.717, 1.165) is 17.4 Å². The normalized spacial score (nSPS) is 11.1. The number of aromatic amines is 1. The van der Waals surface area contributed by atoms with Crippen LogP contribution < -0.4 is 11.2 Å². The maximum Gasteiger partial charge on any atom is 0.329 e. The van der Waals surface area contributed by atoms with Gasteiger partial charge in [0, 0.05) is 6.54 Å². The first-order valence-electron chi connectivity index (χ1n) is 5.19. The van der Waals surface area contributed by atoms with Crippen LogP contribution in [0.15, 0.2) is 9.59 Å². The highest BCUT2D eigenvalue weighted by Gasteiger charge is 2.14. The number of hydrogen-bond donors (Lipinski definition) is 1. The minimum absolute atomic E-state index is 0.180. The Kier molecular flexibility index (Phi) is 4.29. The Balaban J connectivity index is 3.20. The lowest BCUT2D eigenvalue weighted by atomic mass is 10.0. The van der Waals surface area contributed by atoms with Gasteiger partial charge >= 0.3 is 5.69 Å². The van der Waals surface area contributed by atoms with Crippen LogP contribution >= 0.6 is 11.6 Å². The molecule has 90 valence electrons. The molecule has 1 aromatic heterocycles. The molecule has 1 rings (SSSR count). The quantitative estimate of drug-likeness (QED) is 0.826. The van der Waals surface area contributed by atoms with Crippen LogP contribution in [0.2, 0.25) is 5.15 Å². The SMILES string of the molecule is CCC(CC)Cn1c(=O)[nH]c(Cl)c(F)c1=O. The van der Waals surface area contributed by atoms with Crippen molar-refractivity contribution in [2.24, 2.45) is 5.92 Å². The fourth-order valence-electron chi connectivity index (χ4n) is 1.49. The highest BCUT2D eigenvalue weighted by Crippen LogP contribution is 2.09. The van der Waals surface area contributed by atoms with E-state index in [9.17, 15) is 14.0 Å². The highest BCUT2D eigenvalue weighted by molar-refractivity contribution is 6.29. The van der Waals surface area contributed by atoms with E-state index in [2.05, 4.69) is 4.98 Å². The van der Waals surface area contributed by atoms with E-state index in [1.165, 1.54) is 0 Å². The molecule has 0 spiro atoms. The van der Waals surface area contributed by atoms with Gasteiger partial charge in [0.15, 0.2) is 5.15 Å². The van der Waals surface area contributed by atoms with E-state index in [0.29, 0.717) is 0 Å². The average Bonchev–Trinajstić information content (AvgIpc) is 2.27. The van der Waals surface area contributed by atoms with Crippen LogP contribution in [0.5, 0.6) is 0 Å². The maximum absolute atomic E-state index is 13.2. The van der Waals surface area contributed by atoms with E-state index in [1.54, 1.807) is 0 Å². The first-order valence-corrected chi connectivity index (χ1v) is 5.57. The first-order chi connectivity index (χ1) is 7.51. The summed E-state index contributed by atoms with van der Waals surface area (Å²) in [5.41, 5.74) is -1.62. The number of nitrogens with one attached hydrogen (secondary N) is 1. The molecule has 1 heterocycles. The molecule has 6 heteroatoms. The number of H-pyrrole nitrogens is 1. The second kappa shape index (κ2) is 5.30. The summed E-state index contributed by atoms with van der Waals surface area (Å²) in [5.74, 6) is -0.924. The van der Waals surface area contributed by atoms with Gasteiger partial charge in [-0.25, -0.2) is 4.79 Å². The predicted octanol–water partition coefficient (Wildman–Crippen LogP) is 1.77. The fourth-order valence-corrected chi connectivity index (χ4v) is 1.65.